The Kier molecular flexibility index (Phi) is 11.5. The number of carbonyl (C=O) groups is 1. The van der Waals surface area contributed by atoms with Crippen LogP contribution in [0.2, 0.25) is 5.02 Å². The lowest BCUT2D eigenvalue weighted by Gasteiger charge is -2.45. The zero-order chi connectivity index (χ0) is 22.1. The SMILES string of the molecule is C.CCCCN(CCO)CCCc1ccc(Cl)c(C(=O)NCC23CCCC(CCC2)C3)c1. The highest BCUT2D eigenvalue weighted by Crippen LogP contribution is 2.48. The van der Waals surface area contributed by atoms with Crippen LogP contribution in [-0.4, -0.2) is 48.7 Å². The highest BCUT2D eigenvalue weighted by molar-refractivity contribution is 6.33. The van der Waals surface area contributed by atoms with Gasteiger partial charge in [-0.15, -0.1) is 0 Å². The lowest BCUT2D eigenvalue weighted by atomic mass is 9.62. The van der Waals surface area contributed by atoms with Gasteiger partial charge in [-0.3, -0.25) is 4.79 Å². The number of rotatable bonds is 12. The lowest BCUT2D eigenvalue weighted by molar-refractivity contribution is 0.0681. The van der Waals surface area contributed by atoms with Crippen molar-refractivity contribution in [3.63, 3.8) is 0 Å². The van der Waals surface area contributed by atoms with Crippen LogP contribution in [-0.2, 0) is 6.42 Å². The Balaban J connectivity index is 0.00000363. The molecule has 5 heteroatoms. The van der Waals surface area contributed by atoms with Crippen molar-refractivity contribution in [3.8, 4) is 0 Å². The number of unbranched alkanes of at least 4 members (excludes halogenated alkanes) is 1. The number of nitrogens with one attached hydrogen (secondary N) is 1. The zero-order valence-electron chi connectivity index (χ0n) is 19.3. The predicted octanol–water partition coefficient (Wildman–Crippen LogP) is 6.09. The summed E-state index contributed by atoms with van der Waals surface area (Å²) in [5, 5.41) is 13.1. The van der Waals surface area contributed by atoms with Gasteiger partial charge in [-0.1, -0.05) is 64.1 Å². The Morgan fingerprint density at radius 3 is 2.59 bits per heavy atom. The summed E-state index contributed by atoms with van der Waals surface area (Å²) < 4.78 is 0. The number of hydrogen-bond donors (Lipinski definition) is 2. The molecule has 2 saturated carbocycles. The van der Waals surface area contributed by atoms with Crippen LogP contribution in [0.5, 0.6) is 0 Å². The van der Waals surface area contributed by atoms with E-state index in [9.17, 15) is 9.90 Å². The minimum Gasteiger partial charge on any atom is -0.395 e. The van der Waals surface area contributed by atoms with Crippen LogP contribution in [0, 0.1) is 11.3 Å². The standard InChI is InChI=1S/C26H41ClN2O2.CH4/c1-2-3-14-29(16-17-30)15-6-9-21-10-11-24(27)23(18-21)25(31)28-20-26-12-4-7-22(19-26)8-5-13-26;/h10-11,18,22,30H,2-9,12-17,19-20H2,1H3,(H,28,31);1H4. The van der Waals surface area contributed by atoms with Gasteiger partial charge in [0.2, 0.25) is 0 Å². The molecule has 32 heavy (non-hydrogen) atoms. The molecule has 2 aliphatic rings. The highest BCUT2D eigenvalue weighted by atomic mass is 35.5. The van der Waals surface area contributed by atoms with Gasteiger partial charge < -0.3 is 15.3 Å². The maximum absolute atomic E-state index is 13.0. The number of aryl methyl sites for hydroxylation is 1. The van der Waals surface area contributed by atoms with Gasteiger partial charge in [-0.2, -0.15) is 0 Å². The Hall–Kier alpha value is -1.10. The number of aliphatic hydroxyl groups is 1. The maximum atomic E-state index is 13.0. The van der Waals surface area contributed by atoms with Gasteiger partial charge in [0.1, 0.15) is 0 Å². The van der Waals surface area contributed by atoms with Gasteiger partial charge in [0.25, 0.3) is 5.91 Å². The summed E-state index contributed by atoms with van der Waals surface area (Å²) in [6.45, 7) is 5.92. The van der Waals surface area contributed by atoms with Gasteiger partial charge in [0, 0.05) is 13.1 Å². The number of halogens is 1. The summed E-state index contributed by atoms with van der Waals surface area (Å²) >= 11 is 6.40. The third-order valence-electron chi connectivity index (χ3n) is 7.44. The molecule has 1 aromatic rings. The Labute approximate surface area is 201 Å². The summed E-state index contributed by atoms with van der Waals surface area (Å²) in [5.74, 6) is 0.841. The molecular weight excluding hydrogens is 420 g/mol. The molecule has 1 amide bonds. The number of carbonyl (C=O) groups excluding carboxylic acids is 1. The Bertz CT molecular complexity index is 699. The molecule has 3 rings (SSSR count). The third kappa shape index (κ3) is 7.74. The topological polar surface area (TPSA) is 52.6 Å². The van der Waals surface area contributed by atoms with Crippen LogP contribution in [0.1, 0.15) is 94.5 Å². The summed E-state index contributed by atoms with van der Waals surface area (Å²) in [6.07, 6.45) is 13.4. The molecule has 0 aromatic heterocycles. The lowest BCUT2D eigenvalue weighted by Crippen LogP contribution is -2.43. The summed E-state index contributed by atoms with van der Waals surface area (Å²) in [6, 6.07) is 5.87. The second-order valence-electron chi connectivity index (χ2n) is 9.87. The molecule has 182 valence electrons. The summed E-state index contributed by atoms with van der Waals surface area (Å²) in [4.78, 5) is 15.3. The molecule has 2 fully saturated rings. The first kappa shape index (κ1) is 27.1. The van der Waals surface area contributed by atoms with Crippen molar-refractivity contribution in [1.82, 2.24) is 10.2 Å². The molecule has 0 saturated heterocycles. The van der Waals surface area contributed by atoms with E-state index in [1.807, 2.05) is 18.2 Å². The summed E-state index contributed by atoms with van der Waals surface area (Å²) in [5.41, 5.74) is 2.08. The van der Waals surface area contributed by atoms with Gasteiger partial charge in [0.05, 0.1) is 17.2 Å². The first-order valence-electron chi connectivity index (χ1n) is 12.4. The monoisotopic (exact) mass is 464 g/mol. The first-order valence-corrected chi connectivity index (χ1v) is 12.8. The van der Waals surface area contributed by atoms with Crippen LogP contribution in [0.3, 0.4) is 0 Å². The van der Waals surface area contributed by atoms with Crippen LogP contribution in [0.25, 0.3) is 0 Å². The first-order chi connectivity index (χ1) is 15.0. The molecule has 2 bridgehead atoms. The number of amides is 1. The molecule has 2 aliphatic carbocycles. The van der Waals surface area contributed by atoms with E-state index in [-0.39, 0.29) is 19.9 Å². The van der Waals surface area contributed by atoms with Crippen LogP contribution in [0.4, 0.5) is 0 Å². The fourth-order valence-electron chi connectivity index (χ4n) is 5.70. The predicted molar refractivity (Wildman–Crippen MR) is 136 cm³/mol. The molecular formula is C27H45ClN2O2. The number of fused-ring (bicyclic) bond motifs is 2. The van der Waals surface area contributed by atoms with Crippen molar-refractivity contribution >= 4 is 17.5 Å². The van der Waals surface area contributed by atoms with Crippen LogP contribution in [0.15, 0.2) is 18.2 Å². The Morgan fingerprint density at radius 1 is 1.19 bits per heavy atom. The summed E-state index contributed by atoms with van der Waals surface area (Å²) in [7, 11) is 0. The largest absolute Gasteiger partial charge is 0.395 e. The Morgan fingerprint density at radius 2 is 1.91 bits per heavy atom. The molecule has 0 atom stereocenters. The minimum absolute atomic E-state index is 0. The van der Waals surface area contributed by atoms with E-state index in [0.29, 0.717) is 16.0 Å². The molecule has 0 unspecified atom stereocenters. The maximum Gasteiger partial charge on any atom is 0.252 e. The van der Waals surface area contributed by atoms with Crippen molar-refractivity contribution in [2.24, 2.45) is 11.3 Å². The average Bonchev–Trinajstić information content (AvgIpc) is 2.77. The molecule has 0 aliphatic heterocycles. The van der Waals surface area contributed by atoms with E-state index in [2.05, 4.69) is 17.1 Å². The number of hydrogen-bond acceptors (Lipinski definition) is 3. The quantitative estimate of drug-likeness (QED) is 0.393. The fraction of sp³-hybridized carbons (Fsp3) is 0.741. The van der Waals surface area contributed by atoms with Gasteiger partial charge in [-0.05, 0) is 80.6 Å². The van der Waals surface area contributed by atoms with E-state index in [4.69, 9.17) is 11.6 Å². The second-order valence-corrected chi connectivity index (χ2v) is 10.3. The van der Waals surface area contributed by atoms with E-state index < -0.39 is 0 Å². The highest BCUT2D eigenvalue weighted by Gasteiger charge is 2.39. The van der Waals surface area contributed by atoms with Gasteiger partial charge in [-0.25, -0.2) is 0 Å². The van der Waals surface area contributed by atoms with E-state index in [1.54, 1.807) is 0 Å². The zero-order valence-corrected chi connectivity index (χ0v) is 20.1. The van der Waals surface area contributed by atoms with Crippen LogP contribution < -0.4 is 5.32 Å². The van der Waals surface area contributed by atoms with E-state index in [0.717, 1.165) is 56.9 Å². The molecule has 0 radical (unpaired) electrons. The fourth-order valence-corrected chi connectivity index (χ4v) is 5.90. The van der Waals surface area contributed by atoms with Gasteiger partial charge >= 0.3 is 0 Å². The minimum atomic E-state index is -0.0289. The van der Waals surface area contributed by atoms with Crippen molar-refractivity contribution in [2.75, 3.05) is 32.8 Å². The van der Waals surface area contributed by atoms with Crippen molar-refractivity contribution in [1.29, 1.82) is 0 Å². The molecule has 2 N–H and O–H groups in total. The molecule has 4 nitrogen and oxygen atoms in total. The number of nitrogens with zero attached hydrogens (tertiary/aromatic N) is 1. The third-order valence-corrected chi connectivity index (χ3v) is 7.77. The average molecular weight is 465 g/mol. The molecule has 0 spiro atoms. The van der Waals surface area contributed by atoms with Gasteiger partial charge in [0.15, 0.2) is 0 Å². The van der Waals surface area contributed by atoms with E-state index in [1.165, 1.54) is 51.4 Å². The van der Waals surface area contributed by atoms with E-state index >= 15 is 0 Å². The number of aliphatic hydroxyl groups excluding tert-OH is 1. The van der Waals surface area contributed by atoms with Crippen LogP contribution >= 0.6 is 11.6 Å². The second kappa shape index (κ2) is 13.6. The van der Waals surface area contributed by atoms with Crippen molar-refractivity contribution < 1.29 is 9.90 Å². The number of benzene rings is 1. The van der Waals surface area contributed by atoms with Crippen molar-refractivity contribution in [2.45, 2.75) is 85.0 Å². The van der Waals surface area contributed by atoms with Crippen molar-refractivity contribution in [3.05, 3.63) is 34.3 Å². The normalized spacial score (nSPS) is 22.4. The molecule has 0 heterocycles. The smallest absolute Gasteiger partial charge is 0.252 e. The molecule has 1 aromatic carbocycles.